The van der Waals surface area contributed by atoms with Crippen LogP contribution in [0.1, 0.15) is 17.8 Å². The number of H-pyrrole nitrogens is 1. The van der Waals surface area contributed by atoms with Crippen LogP contribution in [0.2, 0.25) is 0 Å². The van der Waals surface area contributed by atoms with Crippen molar-refractivity contribution in [2.45, 2.75) is 19.9 Å². The molecule has 2 rings (SSSR count). The number of nitrogens with one attached hydrogen (secondary N) is 1. The van der Waals surface area contributed by atoms with Crippen LogP contribution in [0, 0.1) is 6.92 Å². The molecule has 2 aromatic heterocycles. The van der Waals surface area contributed by atoms with Crippen LogP contribution >= 0.6 is 12.2 Å². The first-order chi connectivity index (χ1) is 10.0. The second-order valence-corrected chi connectivity index (χ2v) is 5.21. The summed E-state index contributed by atoms with van der Waals surface area (Å²) in [5, 5.41) is 0. The largest absolute Gasteiger partial charge is 0.393 e. The fourth-order valence-electron chi connectivity index (χ4n) is 1.96. The molecule has 21 heavy (non-hydrogen) atoms. The summed E-state index contributed by atoms with van der Waals surface area (Å²) >= 11 is 4.93. The lowest BCUT2D eigenvalue weighted by Gasteiger charge is -2.23. The van der Waals surface area contributed by atoms with E-state index in [9.17, 15) is 4.79 Å². The third-order valence-corrected chi connectivity index (χ3v) is 3.10. The van der Waals surface area contributed by atoms with Gasteiger partial charge in [0.25, 0.3) is 5.56 Å². The molecule has 0 fully saturated rings. The van der Waals surface area contributed by atoms with Gasteiger partial charge in [-0.2, -0.15) is 0 Å². The van der Waals surface area contributed by atoms with Crippen LogP contribution in [-0.2, 0) is 6.54 Å². The number of aryl methyl sites for hydroxylation is 1. The zero-order valence-corrected chi connectivity index (χ0v) is 12.6. The molecule has 3 N–H and O–H groups in total. The molecular formula is C14H17N5OS. The maximum absolute atomic E-state index is 11.6. The van der Waals surface area contributed by atoms with Crippen molar-refractivity contribution in [3.05, 3.63) is 52.3 Å². The van der Waals surface area contributed by atoms with Crippen molar-refractivity contribution in [3.8, 4) is 0 Å². The van der Waals surface area contributed by atoms with E-state index in [2.05, 4.69) is 15.0 Å². The lowest BCUT2D eigenvalue weighted by atomic mass is 10.2. The van der Waals surface area contributed by atoms with Gasteiger partial charge in [0.05, 0.1) is 4.99 Å². The Morgan fingerprint density at radius 3 is 2.95 bits per heavy atom. The number of nitrogens with zero attached hydrogens (tertiary/aromatic N) is 3. The third kappa shape index (κ3) is 4.64. The number of aromatic amines is 1. The highest BCUT2D eigenvalue weighted by molar-refractivity contribution is 7.80. The summed E-state index contributed by atoms with van der Waals surface area (Å²) in [7, 11) is 0. The molecule has 0 unspecified atom stereocenters. The minimum Gasteiger partial charge on any atom is -0.393 e. The number of nitrogens with two attached hydrogens (primary N) is 1. The van der Waals surface area contributed by atoms with Gasteiger partial charge in [-0.1, -0.05) is 18.3 Å². The molecule has 7 heteroatoms. The van der Waals surface area contributed by atoms with Crippen LogP contribution in [-0.4, -0.2) is 26.5 Å². The summed E-state index contributed by atoms with van der Waals surface area (Å²) in [4.78, 5) is 25.1. The van der Waals surface area contributed by atoms with E-state index in [-0.39, 0.29) is 5.56 Å². The van der Waals surface area contributed by atoms with E-state index in [1.54, 1.807) is 19.3 Å². The first-order valence-electron chi connectivity index (χ1n) is 6.55. The minimum absolute atomic E-state index is 0.177. The van der Waals surface area contributed by atoms with Gasteiger partial charge in [0.1, 0.15) is 11.6 Å². The topological polar surface area (TPSA) is 87.9 Å². The highest BCUT2D eigenvalue weighted by Gasteiger charge is 2.11. The number of hydrogen-bond donors (Lipinski definition) is 2. The Bertz CT molecular complexity index is 671. The van der Waals surface area contributed by atoms with Crippen LogP contribution < -0.4 is 16.2 Å². The highest BCUT2D eigenvalue weighted by Crippen LogP contribution is 2.13. The second kappa shape index (κ2) is 6.94. The molecule has 6 nitrogen and oxygen atoms in total. The molecule has 0 aliphatic carbocycles. The van der Waals surface area contributed by atoms with Gasteiger partial charge in [0, 0.05) is 38.0 Å². The van der Waals surface area contributed by atoms with Crippen LogP contribution in [0.3, 0.4) is 0 Å². The molecule has 2 heterocycles. The summed E-state index contributed by atoms with van der Waals surface area (Å²) in [6.45, 7) is 2.94. The molecule has 0 radical (unpaired) electrons. The van der Waals surface area contributed by atoms with E-state index in [4.69, 9.17) is 18.0 Å². The zero-order chi connectivity index (χ0) is 15.2. The van der Waals surface area contributed by atoms with Crippen molar-refractivity contribution in [2.75, 3.05) is 11.4 Å². The van der Waals surface area contributed by atoms with Gasteiger partial charge in [-0.25, -0.2) is 4.98 Å². The smallest absolute Gasteiger partial charge is 0.252 e. The Morgan fingerprint density at radius 2 is 2.33 bits per heavy atom. The van der Waals surface area contributed by atoms with Crippen LogP contribution in [0.4, 0.5) is 5.82 Å². The standard InChI is InChI=1S/C14H17N5OS/c1-10-17-13(7-14(20)18-10)19(6-4-12(15)21)9-11-3-2-5-16-8-11/h2-3,5,7-8H,4,6,9H2,1H3,(H2,15,21)(H,17,18,20). The molecule has 0 aliphatic heterocycles. The first kappa shape index (κ1) is 15.1. The van der Waals surface area contributed by atoms with Gasteiger partial charge in [-0.15, -0.1) is 0 Å². The number of anilines is 1. The van der Waals surface area contributed by atoms with Crippen molar-refractivity contribution >= 4 is 23.0 Å². The summed E-state index contributed by atoms with van der Waals surface area (Å²) in [5.41, 5.74) is 6.43. The lowest BCUT2D eigenvalue weighted by molar-refractivity contribution is 0.778. The van der Waals surface area contributed by atoms with Crippen molar-refractivity contribution < 1.29 is 0 Å². The van der Waals surface area contributed by atoms with E-state index in [0.29, 0.717) is 36.1 Å². The number of thiocarbonyl (C=S) groups is 1. The van der Waals surface area contributed by atoms with Crippen LogP contribution in [0.15, 0.2) is 35.4 Å². The summed E-state index contributed by atoms with van der Waals surface area (Å²) in [5.74, 6) is 1.18. The van der Waals surface area contributed by atoms with Gasteiger partial charge in [-0.3, -0.25) is 9.78 Å². The van der Waals surface area contributed by atoms with Gasteiger partial charge in [-0.05, 0) is 18.6 Å². The van der Waals surface area contributed by atoms with Crippen molar-refractivity contribution in [1.29, 1.82) is 0 Å². The normalized spacial score (nSPS) is 10.3. The number of rotatable bonds is 6. The zero-order valence-electron chi connectivity index (χ0n) is 11.7. The Morgan fingerprint density at radius 1 is 1.52 bits per heavy atom. The Hall–Kier alpha value is -2.28. The van der Waals surface area contributed by atoms with E-state index in [1.165, 1.54) is 6.07 Å². The van der Waals surface area contributed by atoms with E-state index < -0.39 is 0 Å². The quantitative estimate of drug-likeness (QED) is 0.779. The van der Waals surface area contributed by atoms with Crippen LogP contribution in [0.25, 0.3) is 0 Å². The molecule has 0 amide bonds. The molecular weight excluding hydrogens is 286 g/mol. The molecule has 110 valence electrons. The van der Waals surface area contributed by atoms with Crippen molar-refractivity contribution in [3.63, 3.8) is 0 Å². The first-order valence-corrected chi connectivity index (χ1v) is 6.95. The van der Waals surface area contributed by atoms with Crippen LogP contribution in [0.5, 0.6) is 0 Å². The maximum Gasteiger partial charge on any atom is 0.252 e. The van der Waals surface area contributed by atoms with Crippen molar-refractivity contribution in [2.24, 2.45) is 5.73 Å². The van der Waals surface area contributed by atoms with E-state index >= 15 is 0 Å². The van der Waals surface area contributed by atoms with E-state index in [0.717, 1.165) is 5.56 Å². The average molecular weight is 303 g/mol. The molecule has 0 atom stereocenters. The Labute approximate surface area is 128 Å². The predicted molar refractivity (Wildman–Crippen MR) is 86.3 cm³/mol. The Balaban J connectivity index is 2.26. The molecule has 0 bridgehead atoms. The summed E-state index contributed by atoms with van der Waals surface area (Å²) < 4.78 is 0. The predicted octanol–water partition coefficient (Wildman–Crippen LogP) is 1.16. The van der Waals surface area contributed by atoms with Gasteiger partial charge in [0.2, 0.25) is 0 Å². The number of pyridine rings is 1. The molecule has 0 aliphatic rings. The molecule has 0 saturated heterocycles. The molecule has 0 saturated carbocycles. The molecule has 0 aromatic carbocycles. The highest BCUT2D eigenvalue weighted by atomic mass is 32.1. The fraction of sp³-hybridized carbons (Fsp3) is 0.286. The van der Waals surface area contributed by atoms with Gasteiger partial charge < -0.3 is 15.6 Å². The minimum atomic E-state index is -0.177. The number of aromatic nitrogens is 3. The van der Waals surface area contributed by atoms with E-state index in [1.807, 2.05) is 17.0 Å². The third-order valence-electron chi connectivity index (χ3n) is 2.89. The summed E-state index contributed by atoms with van der Waals surface area (Å²) in [6.07, 6.45) is 4.06. The number of hydrogen-bond acceptors (Lipinski definition) is 5. The van der Waals surface area contributed by atoms with Gasteiger partial charge in [0.15, 0.2) is 0 Å². The summed E-state index contributed by atoms with van der Waals surface area (Å²) in [6, 6.07) is 5.32. The van der Waals surface area contributed by atoms with Crippen molar-refractivity contribution in [1.82, 2.24) is 15.0 Å². The maximum atomic E-state index is 11.6. The second-order valence-electron chi connectivity index (χ2n) is 4.69. The Kier molecular flexibility index (Phi) is 4.99. The lowest BCUT2D eigenvalue weighted by Crippen LogP contribution is -2.29. The average Bonchev–Trinajstić information content (AvgIpc) is 2.43. The monoisotopic (exact) mass is 303 g/mol. The molecule has 0 spiro atoms. The van der Waals surface area contributed by atoms with Gasteiger partial charge >= 0.3 is 0 Å². The SMILES string of the molecule is Cc1nc(N(CCC(N)=S)Cc2cccnc2)cc(=O)[nH]1. The fourth-order valence-corrected chi connectivity index (χ4v) is 2.05. The molecule has 2 aromatic rings.